The Labute approximate surface area is 162 Å². The third-order valence-corrected chi connectivity index (χ3v) is 5.21. The lowest BCUT2D eigenvalue weighted by molar-refractivity contribution is -0.121. The van der Waals surface area contributed by atoms with E-state index in [1.165, 1.54) is 5.56 Å². The van der Waals surface area contributed by atoms with Gasteiger partial charge in [0.25, 0.3) is 0 Å². The fourth-order valence-corrected chi connectivity index (χ4v) is 3.67. The van der Waals surface area contributed by atoms with Crippen molar-refractivity contribution in [2.24, 2.45) is 5.92 Å². The first kappa shape index (κ1) is 18.1. The predicted octanol–water partition coefficient (Wildman–Crippen LogP) is 2.42. The first-order valence-electron chi connectivity index (χ1n) is 9.03. The largest absolute Gasteiger partial charge is 0.486 e. The van der Waals surface area contributed by atoms with Crippen molar-refractivity contribution in [1.82, 2.24) is 10.3 Å². The Balaban J connectivity index is 1.39. The molecule has 7 heteroatoms. The smallest absolute Gasteiger partial charge is 0.224 e. The normalized spacial score (nSPS) is 21.1. The molecule has 1 N–H and O–H groups in total. The predicted molar refractivity (Wildman–Crippen MR) is 100 cm³/mol. The third-order valence-electron chi connectivity index (χ3n) is 4.85. The number of nitrogens with one attached hydrogen (secondary N) is 1. The summed E-state index contributed by atoms with van der Waals surface area (Å²) in [6.07, 6.45) is 4.59. The molecule has 2 aromatic rings. The minimum absolute atomic E-state index is 0.0124. The standard InChI is InChI=1S/C20H21ClN2O4/c21-16-10-19-18(26-5-6-27-19)8-14(16)9-20(24)23-17-12-25-11-15(17)7-13-1-3-22-4-2-13/h1-4,8,10,15,17H,5-7,9,11-12H2,(H,23,24)/t15-,17+/m1/s1. The maximum atomic E-state index is 12.6. The highest BCUT2D eigenvalue weighted by Gasteiger charge is 2.30. The summed E-state index contributed by atoms with van der Waals surface area (Å²) in [5, 5.41) is 3.60. The number of carbonyl (C=O) groups excluding carboxylic acids is 1. The molecule has 0 aliphatic carbocycles. The van der Waals surface area contributed by atoms with Crippen molar-refractivity contribution in [3.63, 3.8) is 0 Å². The lowest BCUT2D eigenvalue weighted by Crippen LogP contribution is -2.41. The lowest BCUT2D eigenvalue weighted by atomic mass is 9.95. The van der Waals surface area contributed by atoms with Crippen molar-refractivity contribution >= 4 is 17.5 Å². The zero-order valence-electron chi connectivity index (χ0n) is 14.8. The van der Waals surface area contributed by atoms with Gasteiger partial charge >= 0.3 is 0 Å². The number of benzene rings is 1. The van der Waals surface area contributed by atoms with Gasteiger partial charge in [-0.3, -0.25) is 9.78 Å². The number of ether oxygens (including phenoxy) is 3. The molecule has 2 aliphatic heterocycles. The van der Waals surface area contributed by atoms with E-state index in [4.69, 9.17) is 25.8 Å². The molecule has 6 nitrogen and oxygen atoms in total. The molecular weight excluding hydrogens is 368 g/mol. The zero-order chi connectivity index (χ0) is 18.6. The zero-order valence-corrected chi connectivity index (χ0v) is 15.6. The van der Waals surface area contributed by atoms with Gasteiger partial charge in [-0.25, -0.2) is 0 Å². The van der Waals surface area contributed by atoms with Crippen LogP contribution in [0, 0.1) is 5.92 Å². The lowest BCUT2D eigenvalue weighted by Gasteiger charge is -2.21. The van der Waals surface area contributed by atoms with Crippen LogP contribution in [0.3, 0.4) is 0 Å². The van der Waals surface area contributed by atoms with E-state index in [0.717, 1.165) is 12.0 Å². The highest BCUT2D eigenvalue weighted by Crippen LogP contribution is 2.35. The Hall–Kier alpha value is -2.31. The number of pyridine rings is 1. The minimum atomic E-state index is -0.0798. The number of amides is 1. The SMILES string of the molecule is O=C(Cc1cc2c(cc1Cl)OCCO2)N[C@H]1COC[C@H]1Cc1ccncc1. The molecule has 0 bridgehead atoms. The maximum absolute atomic E-state index is 12.6. The molecule has 3 heterocycles. The summed E-state index contributed by atoms with van der Waals surface area (Å²) in [5.41, 5.74) is 1.91. The fraction of sp³-hybridized carbons (Fsp3) is 0.400. The van der Waals surface area contributed by atoms with Crippen molar-refractivity contribution < 1.29 is 19.0 Å². The second kappa shape index (κ2) is 8.15. The van der Waals surface area contributed by atoms with Crippen molar-refractivity contribution in [1.29, 1.82) is 0 Å². The Bertz CT molecular complexity index is 815. The second-order valence-electron chi connectivity index (χ2n) is 6.80. The molecular formula is C20H21ClN2O4. The number of rotatable bonds is 5. The van der Waals surface area contributed by atoms with Crippen LogP contribution >= 0.6 is 11.6 Å². The summed E-state index contributed by atoms with van der Waals surface area (Å²) < 4.78 is 16.7. The summed E-state index contributed by atoms with van der Waals surface area (Å²) >= 11 is 6.31. The van der Waals surface area contributed by atoms with Gasteiger partial charge in [-0.1, -0.05) is 11.6 Å². The van der Waals surface area contributed by atoms with Crippen LogP contribution in [0.1, 0.15) is 11.1 Å². The monoisotopic (exact) mass is 388 g/mol. The molecule has 2 atom stereocenters. The number of halogens is 1. The number of hydrogen-bond acceptors (Lipinski definition) is 5. The summed E-state index contributed by atoms with van der Waals surface area (Å²) in [6, 6.07) is 7.47. The van der Waals surface area contributed by atoms with E-state index in [2.05, 4.69) is 10.3 Å². The molecule has 27 heavy (non-hydrogen) atoms. The Kier molecular flexibility index (Phi) is 5.45. The molecule has 1 fully saturated rings. The number of aromatic nitrogens is 1. The molecule has 4 rings (SSSR count). The van der Waals surface area contributed by atoms with Gasteiger partial charge in [0.1, 0.15) is 13.2 Å². The van der Waals surface area contributed by atoms with Crippen LogP contribution in [0.5, 0.6) is 11.5 Å². The summed E-state index contributed by atoms with van der Waals surface area (Å²) in [7, 11) is 0. The number of carbonyl (C=O) groups is 1. The van der Waals surface area contributed by atoms with Gasteiger partial charge in [0, 0.05) is 29.4 Å². The maximum Gasteiger partial charge on any atom is 0.224 e. The van der Waals surface area contributed by atoms with Crippen LogP contribution in [0.4, 0.5) is 0 Å². The molecule has 0 unspecified atom stereocenters. The van der Waals surface area contributed by atoms with Gasteiger partial charge in [-0.15, -0.1) is 0 Å². The van der Waals surface area contributed by atoms with Crippen LogP contribution in [-0.4, -0.2) is 43.4 Å². The molecule has 1 aromatic carbocycles. The van der Waals surface area contributed by atoms with Crippen LogP contribution in [0.15, 0.2) is 36.7 Å². The molecule has 142 valence electrons. The van der Waals surface area contributed by atoms with Crippen LogP contribution in [0.25, 0.3) is 0 Å². The van der Waals surface area contributed by atoms with E-state index in [-0.39, 0.29) is 24.3 Å². The second-order valence-corrected chi connectivity index (χ2v) is 7.20. The van der Waals surface area contributed by atoms with Gasteiger partial charge in [0.15, 0.2) is 11.5 Å². The van der Waals surface area contributed by atoms with Gasteiger partial charge in [0.2, 0.25) is 5.91 Å². The Morgan fingerprint density at radius 1 is 1.15 bits per heavy atom. The average Bonchev–Trinajstić information content (AvgIpc) is 3.09. The Morgan fingerprint density at radius 2 is 1.89 bits per heavy atom. The van der Waals surface area contributed by atoms with Gasteiger partial charge < -0.3 is 19.5 Å². The van der Waals surface area contributed by atoms with Gasteiger partial charge in [-0.05, 0) is 35.7 Å². The summed E-state index contributed by atoms with van der Waals surface area (Å²) in [5.74, 6) is 1.42. The molecule has 1 amide bonds. The Morgan fingerprint density at radius 3 is 2.67 bits per heavy atom. The van der Waals surface area contributed by atoms with Crippen LogP contribution in [-0.2, 0) is 22.4 Å². The van der Waals surface area contributed by atoms with E-state index in [9.17, 15) is 4.79 Å². The topological polar surface area (TPSA) is 69.7 Å². The number of nitrogens with zero attached hydrogens (tertiary/aromatic N) is 1. The van der Waals surface area contributed by atoms with Crippen molar-refractivity contribution in [3.8, 4) is 11.5 Å². The van der Waals surface area contributed by atoms with Crippen molar-refractivity contribution in [2.75, 3.05) is 26.4 Å². The first-order valence-corrected chi connectivity index (χ1v) is 9.41. The van der Waals surface area contributed by atoms with Gasteiger partial charge in [0.05, 0.1) is 25.7 Å². The third kappa shape index (κ3) is 4.34. The molecule has 0 radical (unpaired) electrons. The van der Waals surface area contributed by atoms with E-state index < -0.39 is 0 Å². The molecule has 1 saturated heterocycles. The van der Waals surface area contributed by atoms with E-state index in [1.54, 1.807) is 24.5 Å². The first-order chi connectivity index (χ1) is 13.2. The number of fused-ring (bicyclic) bond motifs is 1. The molecule has 0 spiro atoms. The van der Waals surface area contributed by atoms with E-state index >= 15 is 0 Å². The van der Waals surface area contributed by atoms with E-state index in [0.29, 0.717) is 42.9 Å². The van der Waals surface area contributed by atoms with Crippen molar-refractivity contribution in [3.05, 3.63) is 52.8 Å². The number of hydrogen-bond donors (Lipinski definition) is 1. The fourth-order valence-electron chi connectivity index (χ4n) is 3.45. The van der Waals surface area contributed by atoms with Gasteiger partial charge in [-0.2, -0.15) is 0 Å². The average molecular weight is 389 g/mol. The van der Waals surface area contributed by atoms with E-state index in [1.807, 2.05) is 12.1 Å². The van der Waals surface area contributed by atoms with Crippen LogP contribution < -0.4 is 14.8 Å². The van der Waals surface area contributed by atoms with Crippen molar-refractivity contribution in [2.45, 2.75) is 18.9 Å². The molecule has 2 aliphatic rings. The summed E-state index contributed by atoms with van der Waals surface area (Å²) in [4.78, 5) is 16.6. The quantitative estimate of drug-likeness (QED) is 0.851. The highest BCUT2D eigenvalue weighted by atomic mass is 35.5. The molecule has 0 saturated carbocycles. The molecule has 1 aromatic heterocycles. The highest BCUT2D eigenvalue weighted by molar-refractivity contribution is 6.31. The van der Waals surface area contributed by atoms with Crippen LogP contribution in [0.2, 0.25) is 5.02 Å². The minimum Gasteiger partial charge on any atom is -0.486 e. The summed E-state index contributed by atoms with van der Waals surface area (Å²) in [6.45, 7) is 2.16.